The lowest BCUT2D eigenvalue weighted by Gasteiger charge is -2.45. The molecule has 25 heavy (non-hydrogen) atoms. The van der Waals surface area contributed by atoms with Gasteiger partial charge in [0.15, 0.2) is 0 Å². The number of imidazole rings is 1. The van der Waals surface area contributed by atoms with Gasteiger partial charge in [0.1, 0.15) is 5.65 Å². The molecular weight excluding hydrogens is 310 g/mol. The molecule has 4 nitrogen and oxygen atoms in total. The van der Waals surface area contributed by atoms with E-state index in [0.717, 1.165) is 37.0 Å². The number of aryl methyl sites for hydroxylation is 1. The maximum absolute atomic E-state index is 13.2. The molecule has 5 rings (SSSR count). The number of likely N-dealkylation sites (tertiary alicyclic amines) is 1. The molecule has 4 heteroatoms. The number of pyridine rings is 1. The first-order valence-corrected chi connectivity index (χ1v) is 9.13. The summed E-state index contributed by atoms with van der Waals surface area (Å²) in [6.45, 7) is 0.863. The molecule has 0 unspecified atom stereocenters. The fraction of sp³-hybridized carbons (Fsp3) is 0.333. The molecule has 1 aliphatic carbocycles. The topological polar surface area (TPSA) is 37.6 Å². The molecule has 1 amide bonds. The van der Waals surface area contributed by atoms with Crippen molar-refractivity contribution in [3.8, 4) is 0 Å². The first kappa shape index (κ1) is 14.7. The lowest BCUT2D eigenvalue weighted by molar-refractivity contribution is 0.0547. The Balaban J connectivity index is 1.48. The van der Waals surface area contributed by atoms with E-state index in [4.69, 9.17) is 0 Å². The molecule has 0 saturated carbocycles. The Labute approximate surface area is 147 Å². The summed E-state index contributed by atoms with van der Waals surface area (Å²) in [5, 5.41) is 0. The lowest BCUT2D eigenvalue weighted by Crippen LogP contribution is -2.49. The van der Waals surface area contributed by atoms with Crippen molar-refractivity contribution < 1.29 is 4.79 Å². The van der Waals surface area contributed by atoms with Crippen LogP contribution in [0.4, 0.5) is 0 Å². The molecule has 3 aromatic rings. The third-order valence-corrected chi connectivity index (χ3v) is 5.85. The smallest absolute Gasteiger partial charge is 0.254 e. The van der Waals surface area contributed by atoms with Crippen molar-refractivity contribution in [3.05, 3.63) is 71.7 Å². The highest BCUT2D eigenvalue weighted by molar-refractivity contribution is 5.95. The predicted octanol–water partition coefficient (Wildman–Crippen LogP) is 3.67. The molecule has 0 bridgehead atoms. The summed E-state index contributed by atoms with van der Waals surface area (Å²) >= 11 is 0. The third kappa shape index (κ3) is 2.36. The number of hydrogen-bond donors (Lipinski definition) is 0. The Morgan fingerprint density at radius 1 is 1.12 bits per heavy atom. The molecule has 0 spiro atoms. The molecule has 1 aliphatic heterocycles. The minimum absolute atomic E-state index is 0.152. The number of benzene rings is 1. The van der Waals surface area contributed by atoms with E-state index in [-0.39, 0.29) is 5.91 Å². The van der Waals surface area contributed by atoms with Crippen LogP contribution in [-0.4, -0.2) is 32.8 Å². The quantitative estimate of drug-likeness (QED) is 0.682. The maximum atomic E-state index is 13.2. The number of aromatic nitrogens is 2. The van der Waals surface area contributed by atoms with Crippen LogP contribution in [0.2, 0.25) is 0 Å². The molecule has 1 saturated heterocycles. The second-order valence-corrected chi connectivity index (χ2v) is 7.16. The van der Waals surface area contributed by atoms with E-state index < -0.39 is 0 Å². The van der Waals surface area contributed by atoms with Gasteiger partial charge in [-0.2, -0.15) is 0 Å². The van der Waals surface area contributed by atoms with E-state index >= 15 is 0 Å². The SMILES string of the molecule is O=C(c1ccn2ccnc2c1)N1CCC[C@@H]2c3ccccc3CC[C@@H]21. The van der Waals surface area contributed by atoms with Crippen molar-refractivity contribution >= 4 is 11.6 Å². The molecule has 2 atom stereocenters. The van der Waals surface area contributed by atoms with E-state index in [0.29, 0.717) is 12.0 Å². The van der Waals surface area contributed by atoms with Crippen LogP contribution in [0.3, 0.4) is 0 Å². The number of fused-ring (bicyclic) bond motifs is 4. The minimum Gasteiger partial charge on any atom is -0.335 e. The van der Waals surface area contributed by atoms with Gasteiger partial charge in [0.05, 0.1) is 0 Å². The van der Waals surface area contributed by atoms with E-state index in [1.165, 1.54) is 17.5 Å². The number of carbonyl (C=O) groups excluding carboxylic acids is 1. The average molecular weight is 331 g/mol. The highest BCUT2D eigenvalue weighted by Gasteiger charge is 2.38. The lowest BCUT2D eigenvalue weighted by atomic mass is 9.74. The van der Waals surface area contributed by atoms with Crippen LogP contribution in [0.25, 0.3) is 5.65 Å². The molecule has 2 aliphatic rings. The molecule has 2 aromatic heterocycles. The van der Waals surface area contributed by atoms with E-state index in [1.807, 2.05) is 28.9 Å². The highest BCUT2D eigenvalue weighted by atomic mass is 16.2. The summed E-state index contributed by atoms with van der Waals surface area (Å²) in [4.78, 5) is 19.7. The summed E-state index contributed by atoms with van der Waals surface area (Å²) < 4.78 is 1.94. The van der Waals surface area contributed by atoms with Crippen molar-refractivity contribution in [2.24, 2.45) is 0 Å². The Bertz CT molecular complexity index is 945. The summed E-state index contributed by atoms with van der Waals surface area (Å²) in [6, 6.07) is 12.9. The average Bonchev–Trinajstić information content (AvgIpc) is 3.14. The van der Waals surface area contributed by atoms with Crippen molar-refractivity contribution in [1.82, 2.24) is 14.3 Å². The number of rotatable bonds is 1. The number of nitrogens with zero attached hydrogens (tertiary/aromatic N) is 3. The number of amides is 1. The van der Waals surface area contributed by atoms with E-state index in [2.05, 4.69) is 34.1 Å². The molecule has 1 fully saturated rings. The van der Waals surface area contributed by atoms with Crippen LogP contribution in [0.15, 0.2) is 55.0 Å². The van der Waals surface area contributed by atoms with Gasteiger partial charge in [-0.25, -0.2) is 4.98 Å². The Morgan fingerprint density at radius 3 is 3.00 bits per heavy atom. The van der Waals surface area contributed by atoms with Crippen LogP contribution in [0, 0.1) is 0 Å². The van der Waals surface area contributed by atoms with Crippen LogP contribution in [-0.2, 0) is 6.42 Å². The number of hydrogen-bond acceptors (Lipinski definition) is 2. The van der Waals surface area contributed by atoms with Gasteiger partial charge in [-0.15, -0.1) is 0 Å². The largest absolute Gasteiger partial charge is 0.335 e. The summed E-state index contributed by atoms with van der Waals surface area (Å²) in [7, 11) is 0. The predicted molar refractivity (Wildman–Crippen MR) is 96.8 cm³/mol. The van der Waals surface area contributed by atoms with Gasteiger partial charge >= 0.3 is 0 Å². The highest BCUT2D eigenvalue weighted by Crippen LogP contribution is 2.41. The van der Waals surface area contributed by atoms with Crippen LogP contribution >= 0.6 is 0 Å². The zero-order valence-corrected chi connectivity index (χ0v) is 14.1. The molecule has 3 heterocycles. The zero-order valence-electron chi connectivity index (χ0n) is 14.1. The van der Waals surface area contributed by atoms with Crippen LogP contribution in [0.5, 0.6) is 0 Å². The molecular formula is C21H21N3O. The van der Waals surface area contributed by atoms with Crippen molar-refractivity contribution in [3.63, 3.8) is 0 Å². The van der Waals surface area contributed by atoms with Gasteiger partial charge in [0, 0.05) is 42.7 Å². The summed E-state index contributed by atoms with van der Waals surface area (Å²) in [6.07, 6.45) is 9.99. The van der Waals surface area contributed by atoms with Gasteiger partial charge in [0.25, 0.3) is 5.91 Å². The van der Waals surface area contributed by atoms with Crippen LogP contribution < -0.4 is 0 Å². The molecule has 0 radical (unpaired) electrons. The van der Waals surface area contributed by atoms with Gasteiger partial charge in [0.2, 0.25) is 0 Å². The van der Waals surface area contributed by atoms with Gasteiger partial charge in [-0.3, -0.25) is 4.79 Å². The maximum Gasteiger partial charge on any atom is 0.254 e. The molecule has 1 aromatic carbocycles. The van der Waals surface area contributed by atoms with Crippen molar-refractivity contribution in [2.45, 2.75) is 37.6 Å². The fourth-order valence-corrected chi connectivity index (χ4v) is 4.66. The molecule has 126 valence electrons. The van der Waals surface area contributed by atoms with Gasteiger partial charge < -0.3 is 9.30 Å². The second kappa shape index (κ2) is 5.73. The fourth-order valence-electron chi connectivity index (χ4n) is 4.66. The zero-order chi connectivity index (χ0) is 16.8. The monoisotopic (exact) mass is 331 g/mol. The number of piperidine rings is 1. The Morgan fingerprint density at radius 2 is 2.04 bits per heavy atom. The second-order valence-electron chi connectivity index (χ2n) is 7.16. The van der Waals surface area contributed by atoms with Crippen LogP contribution in [0.1, 0.15) is 46.7 Å². The Hall–Kier alpha value is -2.62. The van der Waals surface area contributed by atoms with E-state index in [1.54, 1.807) is 6.20 Å². The first-order valence-electron chi connectivity index (χ1n) is 9.13. The van der Waals surface area contributed by atoms with Crippen molar-refractivity contribution in [2.75, 3.05) is 6.54 Å². The Kier molecular flexibility index (Phi) is 3.37. The molecule has 0 N–H and O–H groups in total. The van der Waals surface area contributed by atoms with E-state index in [9.17, 15) is 4.79 Å². The summed E-state index contributed by atoms with van der Waals surface area (Å²) in [5.74, 6) is 0.636. The number of carbonyl (C=O) groups is 1. The summed E-state index contributed by atoms with van der Waals surface area (Å²) in [5.41, 5.74) is 4.50. The standard InChI is InChI=1S/C21H21N3O/c25-21(16-9-12-23-13-10-22-20(23)14-16)24-11-3-6-18-17-5-2-1-4-15(17)7-8-19(18)24/h1-2,4-5,9-10,12-14,18-19H,3,6-8,11H2/t18-,19+/m1/s1. The third-order valence-electron chi connectivity index (χ3n) is 5.85. The minimum atomic E-state index is 0.152. The normalized spacial score (nSPS) is 22.5. The van der Waals surface area contributed by atoms with Gasteiger partial charge in [-0.05, 0) is 48.9 Å². The van der Waals surface area contributed by atoms with Crippen molar-refractivity contribution in [1.29, 1.82) is 0 Å². The van der Waals surface area contributed by atoms with Gasteiger partial charge in [-0.1, -0.05) is 24.3 Å². The first-order chi connectivity index (χ1) is 12.3.